The van der Waals surface area contributed by atoms with Crippen LogP contribution in [0.3, 0.4) is 0 Å². The fourth-order valence-corrected chi connectivity index (χ4v) is 3.18. The number of nitrogens with one attached hydrogen (secondary N) is 2. The van der Waals surface area contributed by atoms with Gasteiger partial charge in [-0.15, -0.1) is 24.0 Å². The van der Waals surface area contributed by atoms with Crippen LogP contribution in [-0.4, -0.2) is 48.2 Å². The number of aliphatic imine (C=N–C) groups is 1. The van der Waals surface area contributed by atoms with Gasteiger partial charge in [0.05, 0.1) is 12.6 Å². The van der Waals surface area contributed by atoms with Gasteiger partial charge in [-0.25, -0.2) is 9.79 Å². The van der Waals surface area contributed by atoms with Crippen molar-refractivity contribution in [2.45, 2.75) is 52.3 Å². The van der Waals surface area contributed by atoms with Crippen LogP contribution in [0, 0.1) is 0 Å². The van der Waals surface area contributed by atoms with Gasteiger partial charge in [0.15, 0.2) is 5.96 Å². The number of carbonyl (C=O) groups is 1. The van der Waals surface area contributed by atoms with E-state index in [1.54, 1.807) is 11.3 Å². The molecule has 1 saturated heterocycles. The minimum absolute atomic E-state index is 0. The zero-order chi connectivity index (χ0) is 17.6. The van der Waals surface area contributed by atoms with Gasteiger partial charge < -0.3 is 20.3 Å². The molecule has 1 aromatic heterocycles. The summed E-state index contributed by atoms with van der Waals surface area (Å²) in [6.07, 6.45) is 0.539. The number of amides is 1. The number of likely N-dealkylation sites (tertiary alicyclic amines) is 1. The molecule has 0 spiro atoms. The van der Waals surface area contributed by atoms with Crippen LogP contribution in [0.2, 0.25) is 0 Å². The van der Waals surface area contributed by atoms with E-state index in [1.165, 1.54) is 5.56 Å². The van der Waals surface area contributed by atoms with Crippen molar-refractivity contribution in [3.05, 3.63) is 22.4 Å². The molecule has 0 aromatic carbocycles. The van der Waals surface area contributed by atoms with Crippen molar-refractivity contribution in [1.82, 2.24) is 15.5 Å². The Kier molecular flexibility index (Phi) is 8.98. The highest BCUT2D eigenvalue weighted by Crippen LogP contribution is 2.13. The molecule has 0 bridgehead atoms. The topological polar surface area (TPSA) is 66.0 Å². The first-order valence-corrected chi connectivity index (χ1v) is 9.35. The van der Waals surface area contributed by atoms with Crippen LogP contribution in [0.4, 0.5) is 4.79 Å². The molecule has 2 heterocycles. The summed E-state index contributed by atoms with van der Waals surface area (Å²) in [6.45, 7) is 10.8. The zero-order valence-electron chi connectivity index (χ0n) is 15.4. The summed E-state index contributed by atoms with van der Waals surface area (Å²) >= 11 is 1.68. The van der Waals surface area contributed by atoms with Crippen molar-refractivity contribution < 1.29 is 9.53 Å². The number of nitrogens with zero attached hydrogens (tertiary/aromatic N) is 2. The maximum absolute atomic E-state index is 11.9. The molecule has 142 valence electrons. The molecule has 1 aliphatic rings. The van der Waals surface area contributed by atoms with E-state index >= 15 is 0 Å². The minimum atomic E-state index is -0.473. The predicted molar refractivity (Wildman–Crippen MR) is 114 cm³/mol. The van der Waals surface area contributed by atoms with Crippen LogP contribution < -0.4 is 10.6 Å². The zero-order valence-corrected chi connectivity index (χ0v) is 18.5. The molecule has 1 fully saturated rings. The molecule has 1 atom stereocenters. The van der Waals surface area contributed by atoms with E-state index in [2.05, 4.69) is 39.3 Å². The molecule has 6 nitrogen and oxygen atoms in total. The lowest BCUT2D eigenvalue weighted by Gasteiger charge is -2.23. The number of alkyl carbamates (subject to hydrolysis) is 1. The molecule has 2 N–H and O–H groups in total. The summed E-state index contributed by atoms with van der Waals surface area (Å²) in [5.41, 5.74) is 0.747. The Labute approximate surface area is 171 Å². The van der Waals surface area contributed by atoms with E-state index in [0.29, 0.717) is 6.54 Å². The molecule has 25 heavy (non-hydrogen) atoms. The van der Waals surface area contributed by atoms with Gasteiger partial charge >= 0.3 is 6.09 Å². The normalized spacial score (nSPS) is 17.8. The van der Waals surface area contributed by atoms with Gasteiger partial charge in [0.2, 0.25) is 0 Å². The van der Waals surface area contributed by atoms with Crippen molar-refractivity contribution in [3.8, 4) is 0 Å². The van der Waals surface area contributed by atoms with Crippen LogP contribution in [0.25, 0.3) is 0 Å². The highest BCUT2D eigenvalue weighted by atomic mass is 127. The third-order valence-electron chi connectivity index (χ3n) is 3.54. The van der Waals surface area contributed by atoms with E-state index in [0.717, 1.165) is 32.0 Å². The summed E-state index contributed by atoms with van der Waals surface area (Å²) < 4.78 is 5.33. The van der Waals surface area contributed by atoms with Crippen LogP contribution in [0.1, 0.15) is 39.7 Å². The second kappa shape index (κ2) is 10.2. The van der Waals surface area contributed by atoms with E-state index in [9.17, 15) is 4.79 Å². The Morgan fingerprint density at radius 1 is 1.48 bits per heavy atom. The molecule has 0 radical (unpaired) electrons. The Morgan fingerprint density at radius 2 is 2.24 bits per heavy atom. The first-order chi connectivity index (χ1) is 11.4. The summed E-state index contributed by atoms with van der Waals surface area (Å²) in [5, 5.41) is 10.5. The van der Waals surface area contributed by atoms with Crippen LogP contribution in [0.15, 0.2) is 21.8 Å². The molecule has 0 aliphatic carbocycles. The van der Waals surface area contributed by atoms with E-state index < -0.39 is 5.60 Å². The lowest BCUT2D eigenvalue weighted by atomic mass is 10.2. The average Bonchev–Trinajstić information content (AvgIpc) is 3.12. The second-order valence-electron chi connectivity index (χ2n) is 6.88. The molecule has 1 unspecified atom stereocenters. The molecule has 1 aliphatic heterocycles. The second-order valence-corrected chi connectivity index (χ2v) is 7.66. The van der Waals surface area contributed by atoms with Gasteiger partial charge in [0.1, 0.15) is 5.60 Å². The number of thiophene rings is 1. The van der Waals surface area contributed by atoms with Gasteiger partial charge in [0, 0.05) is 19.6 Å². The van der Waals surface area contributed by atoms with Crippen LogP contribution >= 0.6 is 35.3 Å². The predicted octanol–water partition coefficient (Wildman–Crippen LogP) is 3.43. The van der Waals surface area contributed by atoms with E-state index in [1.807, 2.05) is 20.8 Å². The van der Waals surface area contributed by atoms with Crippen molar-refractivity contribution in [3.63, 3.8) is 0 Å². The van der Waals surface area contributed by atoms with Crippen molar-refractivity contribution in [1.29, 1.82) is 0 Å². The van der Waals surface area contributed by atoms with Gasteiger partial charge in [-0.1, -0.05) is 0 Å². The van der Waals surface area contributed by atoms with Crippen LogP contribution in [0.5, 0.6) is 0 Å². The highest BCUT2D eigenvalue weighted by molar-refractivity contribution is 14.0. The summed E-state index contributed by atoms with van der Waals surface area (Å²) in [6, 6.07) is 2.18. The number of guanidine groups is 1. The minimum Gasteiger partial charge on any atom is -0.444 e. The first kappa shape index (κ1) is 22.0. The number of carbonyl (C=O) groups excluding carboxylic acids is 1. The van der Waals surface area contributed by atoms with Crippen molar-refractivity contribution in [2.75, 3.05) is 19.6 Å². The maximum atomic E-state index is 11.9. The quantitative estimate of drug-likeness (QED) is 0.394. The Balaban J connectivity index is 0.00000312. The third-order valence-corrected chi connectivity index (χ3v) is 4.27. The Bertz CT molecular complexity index is 557. The van der Waals surface area contributed by atoms with Crippen molar-refractivity contribution in [2.24, 2.45) is 4.99 Å². The molecule has 8 heteroatoms. The number of rotatable bonds is 4. The number of halogens is 1. The monoisotopic (exact) mass is 480 g/mol. The Hall–Kier alpha value is -1.03. The molecular formula is C17H29IN4O2S. The van der Waals surface area contributed by atoms with Crippen molar-refractivity contribution >= 4 is 47.4 Å². The summed E-state index contributed by atoms with van der Waals surface area (Å²) in [5.74, 6) is 0.900. The molecular weight excluding hydrogens is 451 g/mol. The third kappa shape index (κ3) is 7.81. The fourth-order valence-electron chi connectivity index (χ4n) is 2.52. The summed E-state index contributed by atoms with van der Waals surface area (Å²) in [4.78, 5) is 18.8. The van der Waals surface area contributed by atoms with Gasteiger partial charge in [0.25, 0.3) is 0 Å². The van der Waals surface area contributed by atoms with Gasteiger partial charge in [-0.05, 0) is 56.5 Å². The smallest absolute Gasteiger partial charge is 0.407 e. The number of hydrogen-bond acceptors (Lipinski definition) is 4. The first-order valence-electron chi connectivity index (χ1n) is 8.41. The number of ether oxygens (including phenoxy) is 1. The largest absolute Gasteiger partial charge is 0.444 e. The summed E-state index contributed by atoms with van der Waals surface area (Å²) in [7, 11) is 0. The van der Waals surface area contributed by atoms with E-state index in [-0.39, 0.29) is 36.1 Å². The highest BCUT2D eigenvalue weighted by Gasteiger charge is 2.27. The molecule has 1 aromatic rings. The standard InChI is InChI=1S/C17H28N4O2S.HI/c1-5-18-15(19-10-13-7-9-24-12-13)21-8-6-14(11-21)20-16(22)23-17(2,3)4;/h7,9,12,14H,5-6,8,10-11H2,1-4H3,(H,18,19)(H,20,22);1H. The number of hydrogen-bond donors (Lipinski definition) is 2. The van der Waals surface area contributed by atoms with Gasteiger partial charge in [-0.3, -0.25) is 0 Å². The fraction of sp³-hybridized carbons (Fsp3) is 0.647. The van der Waals surface area contributed by atoms with E-state index in [4.69, 9.17) is 9.73 Å². The maximum Gasteiger partial charge on any atom is 0.407 e. The lowest BCUT2D eigenvalue weighted by molar-refractivity contribution is 0.0507. The SMILES string of the molecule is CCNC(=NCc1ccsc1)N1CCC(NC(=O)OC(C)(C)C)C1.I. The van der Waals surface area contributed by atoms with Crippen LogP contribution in [-0.2, 0) is 11.3 Å². The average molecular weight is 480 g/mol. The lowest BCUT2D eigenvalue weighted by Crippen LogP contribution is -2.44. The molecule has 0 saturated carbocycles. The molecule has 2 rings (SSSR count). The molecule has 1 amide bonds. The Morgan fingerprint density at radius 3 is 2.84 bits per heavy atom. The van der Waals surface area contributed by atoms with Gasteiger partial charge in [-0.2, -0.15) is 11.3 Å².